The summed E-state index contributed by atoms with van der Waals surface area (Å²) in [4.78, 5) is 28.0. The van der Waals surface area contributed by atoms with Gasteiger partial charge in [-0.1, -0.05) is 61.9 Å². The molecule has 0 bridgehead atoms. The minimum absolute atomic E-state index is 0.00156. The average molecular weight is 540 g/mol. The number of hydrogen-bond donors (Lipinski definition) is 1. The predicted octanol–water partition coefficient (Wildman–Crippen LogP) is 4.40. The fourth-order valence-electron chi connectivity index (χ4n) is 3.96. The standard InChI is InChI=1S/C29H34FN3O4S/c1-3-4-20-31-29(35)23(2)32(21-19-24-11-7-5-8-12-24)28(34)22-33(26-17-15-25(30)16-18-26)38(36,37)27-13-9-6-10-14-27/h5-18,23H,3-4,19-22H2,1-2H3,(H,31,35)/t23-/m1/s1. The number of nitrogens with one attached hydrogen (secondary N) is 1. The molecule has 0 fully saturated rings. The molecule has 0 spiro atoms. The zero-order valence-corrected chi connectivity index (χ0v) is 22.5. The highest BCUT2D eigenvalue weighted by molar-refractivity contribution is 7.92. The van der Waals surface area contributed by atoms with Gasteiger partial charge in [0, 0.05) is 13.1 Å². The van der Waals surface area contributed by atoms with Crippen LogP contribution in [0.3, 0.4) is 0 Å². The third kappa shape index (κ3) is 7.64. The number of nitrogens with zero attached hydrogens (tertiary/aromatic N) is 2. The Hall–Kier alpha value is -3.72. The summed E-state index contributed by atoms with van der Waals surface area (Å²) < 4.78 is 41.8. The minimum atomic E-state index is -4.16. The summed E-state index contributed by atoms with van der Waals surface area (Å²) in [5.74, 6) is -1.37. The first-order chi connectivity index (χ1) is 18.2. The SMILES string of the molecule is CCCCNC(=O)[C@@H](C)N(CCc1ccccc1)C(=O)CN(c1ccc(F)cc1)S(=O)(=O)c1ccccc1. The summed E-state index contributed by atoms with van der Waals surface area (Å²) in [5, 5.41) is 2.86. The van der Waals surface area contributed by atoms with Gasteiger partial charge in [0.2, 0.25) is 11.8 Å². The Morgan fingerprint density at radius 3 is 2.13 bits per heavy atom. The highest BCUT2D eigenvalue weighted by Crippen LogP contribution is 2.24. The number of rotatable bonds is 13. The molecule has 0 radical (unpaired) electrons. The lowest BCUT2D eigenvalue weighted by Gasteiger charge is -2.32. The zero-order chi connectivity index (χ0) is 27.5. The molecule has 0 aromatic heterocycles. The molecule has 2 amide bonds. The topological polar surface area (TPSA) is 86.8 Å². The fraction of sp³-hybridized carbons (Fsp3) is 0.310. The molecule has 3 rings (SSSR count). The molecular formula is C29H34FN3O4S. The number of amides is 2. The van der Waals surface area contributed by atoms with E-state index in [2.05, 4.69) is 5.32 Å². The van der Waals surface area contributed by atoms with Gasteiger partial charge in [0.05, 0.1) is 10.6 Å². The Kier molecular flexibility index (Phi) is 10.4. The van der Waals surface area contributed by atoms with E-state index in [9.17, 15) is 22.4 Å². The first-order valence-electron chi connectivity index (χ1n) is 12.7. The maximum atomic E-state index is 13.7. The number of hydrogen-bond acceptors (Lipinski definition) is 4. The van der Waals surface area contributed by atoms with Gasteiger partial charge in [-0.15, -0.1) is 0 Å². The van der Waals surface area contributed by atoms with Gasteiger partial charge in [-0.2, -0.15) is 0 Å². The maximum absolute atomic E-state index is 13.7. The van der Waals surface area contributed by atoms with Crippen LogP contribution in [0, 0.1) is 5.82 Å². The van der Waals surface area contributed by atoms with Crippen LogP contribution in [-0.4, -0.2) is 50.8 Å². The maximum Gasteiger partial charge on any atom is 0.264 e. The molecule has 0 aliphatic heterocycles. The number of carbonyl (C=O) groups excluding carboxylic acids is 2. The number of unbranched alkanes of at least 4 members (excludes halogenated alkanes) is 1. The van der Waals surface area contributed by atoms with Crippen LogP contribution in [0.25, 0.3) is 0 Å². The van der Waals surface area contributed by atoms with Crippen molar-refractivity contribution in [3.63, 3.8) is 0 Å². The second kappa shape index (κ2) is 13.7. The van der Waals surface area contributed by atoms with E-state index in [4.69, 9.17) is 0 Å². The highest BCUT2D eigenvalue weighted by atomic mass is 32.2. The zero-order valence-electron chi connectivity index (χ0n) is 21.7. The molecule has 38 heavy (non-hydrogen) atoms. The number of halogens is 1. The summed E-state index contributed by atoms with van der Waals surface area (Å²) in [6.45, 7) is 3.81. The van der Waals surface area contributed by atoms with Gasteiger partial charge in [-0.05, 0) is 61.7 Å². The summed E-state index contributed by atoms with van der Waals surface area (Å²) in [7, 11) is -4.16. The van der Waals surface area contributed by atoms with E-state index >= 15 is 0 Å². The molecule has 1 N–H and O–H groups in total. The van der Waals surface area contributed by atoms with E-state index in [1.165, 1.54) is 29.2 Å². The van der Waals surface area contributed by atoms with Crippen molar-refractivity contribution >= 4 is 27.5 Å². The Balaban J connectivity index is 1.92. The summed E-state index contributed by atoms with van der Waals surface area (Å²) in [6.07, 6.45) is 2.21. The molecule has 202 valence electrons. The molecule has 0 unspecified atom stereocenters. The lowest BCUT2D eigenvalue weighted by molar-refractivity contribution is -0.138. The van der Waals surface area contributed by atoms with Gasteiger partial charge >= 0.3 is 0 Å². The Morgan fingerprint density at radius 2 is 1.53 bits per heavy atom. The van der Waals surface area contributed by atoms with Crippen molar-refractivity contribution in [1.82, 2.24) is 10.2 Å². The van der Waals surface area contributed by atoms with Crippen molar-refractivity contribution in [2.45, 2.75) is 44.0 Å². The lowest BCUT2D eigenvalue weighted by atomic mass is 10.1. The van der Waals surface area contributed by atoms with Crippen LogP contribution in [0.4, 0.5) is 10.1 Å². The van der Waals surface area contributed by atoms with Crippen molar-refractivity contribution < 1.29 is 22.4 Å². The second-order valence-electron chi connectivity index (χ2n) is 8.94. The van der Waals surface area contributed by atoms with Gasteiger partial charge in [-0.25, -0.2) is 12.8 Å². The van der Waals surface area contributed by atoms with Crippen LogP contribution >= 0.6 is 0 Å². The second-order valence-corrected chi connectivity index (χ2v) is 10.8. The van der Waals surface area contributed by atoms with Crippen molar-refractivity contribution in [1.29, 1.82) is 0 Å². The minimum Gasteiger partial charge on any atom is -0.354 e. The Bertz CT molecular complexity index is 1290. The molecule has 3 aromatic carbocycles. The molecule has 1 atom stereocenters. The largest absolute Gasteiger partial charge is 0.354 e. The Labute approximate surface area is 224 Å². The number of carbonyl (C=O) groups is 2. The molecule has 7 nitrogen and oxygen atoms in total. The molecule has 0 aliphatic rings. The molecule has 0 saturated heterocycles. The molecule has 3 aromatic rings. The van der Waals surface area contributed by atoms with Gasteiger partial charge in [-0.3, -0.25) is 13.9 Å². The van der Waals surface area contributed by atoms with Gasteiger partial charge in [0.25, 0.3) is 10.0 Å². The van der Waals surface area contributed by atoms with Crippen LogP contribution in [-0.2, 0) is 26.0 Å². The molecular weight excluding hydrogens is 505 g/mol. The van der Waals surface area contributed by atoms with E-state index in [1.54, 1.807) is 25.1 Å². The van der Waals surface area contributed by atoms with Gasteiger partial charge < -0.3 is 10.2 Å². The lowest BCUT2D eigenvalue weighted by Crippen LogP contribution is -2.52. The predicted molar refractivity (Wildman–Crippen MR) is 147 cm³/mol. The van der Waals surface area contributed by atoms with Crippen LogP contribution in [0.2, 0.25) is 0 Å². The first kappa shape index (κ1) is 28.8. The van der Waals surface area contributed by atoms with Crippen molar-refractivity contribution in [3.8, 4) is 0 Å². The summed E-state index contributed by atoms with van der Waals surface area (Å²) in [6, 6.07) is 21.4. The summed E-state index contributed by atoms with van der Waals surface area (Å²) in [5.41, 5.74) is 1.13. The molecule has 0 saturated carbocycles. The van der Waals surface area contributed by atoms with Crippen LogP contribution < -0.4 is 9.62 Å². The Morgan fingerprint density at radius 1 is 0.921 bits per heavy atom. The van der Waals surface area contributed by atoms with E-state index in [-0.39, 0.29) is 23.0 Å². The van der Waals surface area contributed by atoms with Crippen LogP contribution in [0.1, 0.15) is 32.3 Å². The van der Waals surface area contributed by atoms with E-state index in [0.29, 0.717) is 13.0 Å². The molecule has 9 heteroatoms. The monoisotopic (exact) mass is 539 g/mol. The van der Waals surface area contributed by atoms with Crippen LogP contribution in [0.5, 0.6) is 0 Å². The average Bonchev–Trinajstić information content (AvgIpc) is 2.93. The number of benzene rings is 3. The van der Waals surface area contributed by atoms with Crippen LogP contribution in [0.15, 0.2) is 89.8 Å². The van der Waals surface area contributed by atoms with Crippen molar-refractivity contribution in [2.75, 3.05) is 23.9 Å². The summed E-state index contributed by atoms with van der Waals surface area (Å²) >= 11 is 0. The van der Waals surface area contributed by atoms with Crippen molar-refractivity contribution in [3.05, 3.63) is 96.3 Å². The highest BCUT2D eigenvalue weighted by Gasteiger charge is 2.32. The van der Waals surface area contributed by atoms with Crippen molar-refractivity contribution in [2.24, 2.45) is 0 Å². The fourth-order valence-corrected chi connectivity index (χ4v) is 5.40. The van der Waals surface area contributed by atoms with E-state index in [1.807, 2.05) is 37.3 Å². The van der Waals surface area contributed by atoms with Gasteiger partial charge in [0.15, 0.2) is 0 Å². The van der Waals surface area contributed by atoms with E-state index < -0.39 is 34.3 Å². The first-order valence-corrected chi connectivity index (χ1v) is 14.1. The number of sulfonamides is 1. The molecule has 0 aliphatic carbocycles. The molecule has 0 heterocycles. The van der Waals surface area contributed by atoms with Gasteiger partial charge in [0.1, 0.15) is 18.4 Å². The smallest absolute Gasteiger partial charge is 0.264 e. The quantitative estimate of drug-likeness (QED) is 0.326. The normalized spacial score (nSPS) is 12.0. The third-order valence-corrected chi connectivity index (χ3v) is 7.99. The number of anilines is 1. The van der Waals surface area contributed by atoms with E-state index in [0.717, 1.165) is 34.8 Å². The third-order valence-electron chi connectivity index (χ3n) is 6.21.